The molecule has 0 radical (unpaired) electrons. The first kappa shape index (κ1) is 13.9. The van der Waals surface area contributed by atoms with Gasteiger partial charge in [0.25, 0.3) is 5.91 Å². The van der Waals surface area contributed by atoms with Crippen LogP contribution < -0.4 is 21.7 Å². The van der Waals surface area contributed by atoms with Crippen LogP contribution in [0.1, 0.15) is 10.4 Å². The summed E-state index contributed by atoms with van der Waals surface area (Å²) in [5.41, 5.74) is 2.38. The minimum Gasteiger partial charge on any atom is -0.492 e. The molecule has 0 bridgehead atoms. The van der Waals surface area contributed by atoms with Crippen molar-refractivity contribution >= 4 is 5.91 Å². The van der Waals surface area contributed by atoms with E-state index in [9.17, 15) is 9.59 Å². The second-order valence-corrected chi connectivity index (χ2v) is 4.23. The summed E-state index contributed by atoms with van der Waals surface area (Å²) in [6.45, 7) is 0.768. The van der Waals surface area contributed by atoms with Gasteiger partial charge in [0.15, 0.2) is 0 Å². The molecule has 1 heterocycles. The largest absolute Gasteiger partial charge is 0.492 e. The Morgan fingerprint density at radius 1 is 1.40 bits per heavy atom. The molecule has 0 aliphatic heterocycles. The van der Waals surface area contributed by atoms with Crippen LogP contribution in [0.3, 0.4) is 0 Å². The highest BCUT2D eigenvalue weighted by molar-refractivity contribution is 5.94. The number of nitrogens with two attached hydrogens (primary N) is 1. The smallest absolute Gasteiger partial charge is 0.327 e. The zero-order valence-electron chi connectivity index (χ0n) is 11.1. The van der Waals surface area contributed by atoms with Gasteiger partial charge in [-0.3, -0.25) is 14.8 Å². The normalized spacial score (nSPS) is 10.3. The maximum Gasteiger partial charge on any atom is 0.327 e. The van der Waals surface area contributed by atoms with Crippen molar-refractivity contribution in [3.05, 3.63) is 52.7 Å². The van der Waals surface area contributed by atoms with Crippen molar-refractivity contribution in [3.63, 3.8) is 0 Å². The van der Waals surface area contributed by atoms with E-state index in [-0.39, 0.29) is 11.6 Å². The number of nitrogen functional groups attached to an aromatic ring is 1. The zero-order valence-corrected chi connectivity index (χ0v) is 11.1. The molecule has 0 fully saturated rings. The Kier molecular flexibility index (Phi) is 4.21. The average molecular weight is 276 g/mol. The fourth-order valence-electron chi connectivity index (χ4n) is 1.75. The third-order valence-electron chi connectivity index (χ3n) is 2.85. The van der Waals surface area contributed by atoms with Crippen molar-refractivity contribution in [3.8, 4) is 5.75 Å². The summed E-state index contributed by atoms with van der Waals surface area (Å²) >= 11 is 0. The SMILES string of the molecule is Cn1ccn(CCOc2cccc(C(=O)NN)c2)c1=O. The number of rotatable bonds is 5. The molecule has 0 atom stereocenters. The Labute approximate surface area is 115 Å². The van der Waals surface area contributed by atoms with Crippen LogP contribution in [-0.4, -0.2) is 21.6 Å². The van der Waals surface area contributed by atoms with Crippen LogP contribution in [0, 0.1) is 0 Å². The topological polar surface area (TPSA) is 91.3 Å². The van der Waals surface area contributed by atoms with E-state index in [4.69, 9.17) is 10.6 Å². The number of imidazole rings is 1. The molecular formula is C13H16N4O3. The van der Waals surface area contributed by atoms with E-state index in [1.807, 2.05) is 0 Å². The number of hydrogen-bond acceptors (Lipinski definition) is 4. The lowest BCUT2D eigenvalue weighted by atomic mass is 10.2. The van der Waals surface area contributed by atoms with Gasteiger partial charge >= 0.3 is 5.69 Å². The maximum atomic E-state index is 11.6. The monoisotopic (exact) mass is 276 g/mol. The molecule has 20 heavy (non-hydrogen) atoms. The molecule has 0 spiro atoms. The molecule has 3 N–H and O–H groups in total. The van der Waals surface area contributed by atoms with Crippen molar-refractivity contribution in [1.82, 2.24) is 14.6 Å². The number of aryl methyl sites for hydroxylation is 1. The van der Waals surface area contributed by atoms with Crippen molar-refractivity contribution < 1.29 is 9.53 Å². The number of carbonyl (C=O) groups is 1. The summed E-state index contributed by atoms with van der Waals surface area (Å²) < 4.78 is 8.56. The fraction of sp³-hybridized carbons (Fsp3) is 0.231. The van der Waals surface area contributed by atoms with Crippen LogP contribution in [0.5, 0.6) is 5.75 Å². The Balaban J connectivity index is 1.96. The van der Waals surface area contributed by atoms with E-state index in [1.165, 1.54) is 4.57 Å². The third-order valence-corrected chi connectivity index (χ3v) is 2.85. The fourth-order valence-corrected chi connectivity index (χ4v) is 1.75. The molecular weight excluding hydrogens is 260 g/mol. The molecule has 0 aliphatic rings. The second kappa shape index (κ2) is 6.07. The van der Waals surface area contributed by atoms with Crippen LogP contribution >= 0.6 is 0 Å². The summed E-state index contributed by atoms with van der Waals surface area (Å²) in [6.07, 6.45) is 3.39. The van der Waals surface area contributed by atoms with Crippen molar-refractivity contribution in [2.45, 2.75) is 6.54 Å². The number of nitrogens with one attached hydrogen (secondary N) is 1. The molecule has 2 aromatic rings. The molecule has 1 aromatic carbocycles. The number of benzene rings is 1. The van der Waals surface area contributed by atoms with E-state index < -0.39 is 0 Å². The van der Waals surface area contributed by atoms with Gasteiger partial charge in [0.05, 0.1) is 6.54 Å². The number of ether oxygens (including phenoxy) is 1. The lowest BCUT2D eigenvalue weighted by molar-refractivity contribution is 0.0953. The Morgan fingerprint density at radius 3 is 2.85 bits per heavy atom. The van der Waals surface area contributed by atoms with Gasteiger partial charge in [0.2, 0.25) is 0 Å². The summed E-state index contributed by atoms with van der Waals surface area (Å²) in [5, 5.41) is 0. The number of amides is 1. The van der Waals surface area contributed by atoms with Crippen LogP contribution in [0.25, 0.3) is 0 Å². The van der Waals surface area contributed by atoms with E-state index in [1.54, 1.807) is 48.3 Å². The molecule has 1 aromatic heterocycles. The highest BCUT2D eigenvalue weighted by Gasteiger charge is 2.05. The molecule has 0 unspecified atom stereocenters. The lowest BCUT2D eigenvalue weighted by Crippen LogP contribution is -2.29. The number of hydrazine groups is 1. The van der Waals surface area contributed by atoms with E-state index in [0.29, 0.717) is 24.5 Å². The molecule has 7 heteroatoms. The number of hydrogen-bond donors (Lipinski definition) is 2. The van der Waals surface area contributed by atoms with Gasteiger partial charge in [-0.25, -0.2) is 10.6 Å². The molecule has 2 rings (SSSR count). The van der Waals surface area contributed by atoms with Crippen LogP contribution in [0.2, 0.25) is 0 Å². The first-order valence-electron chi connectivity index (χ1n) is 6.07. The van der Waals surface area contributed by atoms with Gasteiger partial charge < -0.3 is 9.30 Å². The summed E-state index contributed by atoms with van der Waals surface area (Å²) in [5.74, 6) is 5.24. The predicted molar refractivity (Wildman–Crippen MR) is 73.3 cm³/mol. The summed E-state index contributed by atoms with van der Waals surface area (Å²) in [4.78, 5) is 23.0. The van der Waals surface area contributed by atoms with Gasteiger partial charge in [-0.15, -0.1) is 0 Å². The average Bonchev–Trinajstić information content (AvgIpc) is 2.79. The highest BCUT2D eigenvalue weighted by Crippen LogP contribution is 2.13. The molecule has 0 saturated heterocycles. The Bertz CT molecular complexity index is 660. The van der Waals surface area contributed by atoms with Crippen molar-refractivity contribution in [1.29, 1.82) is 0 Å². The number of nitrogens with zero attached hydrogens (tertiary/aromatic N) is 2. The van der Waals surface area contributed by atoms with E-state index in [2.05, 4.69) is 5.43 Å². The standard InChI is InChI=1S/C13H16N4O3/c1-16-5-6-17(13(16)19)7-8-20-11-4-2-3-10(9-11)12(18)15-14/h2-6,9H,7-8,14H2,1H3,(H,15,18). The van der Waals surface area contributed by atoms with E-state index in [0.717, 1.165) is 0 Å². The van der Waals surface area contributed by atoms with Crippen LogP contribution in [0.4, 0.5) is 0 Å². The molecule has 106 valence electrons. The Hall–Kier alpha value is -2.54. The molecule has 0 saturated carbocycles. The number of carbonyl (C=O) groups excluding carboxylic acids is 1. The minimum absolute atomic E-state index is 0.0927. The first-order chi connectivity index (χ1) is 9.61. The maximum absolute atomic E-state index is 11.6. The van der Waals surface area contributed by atoms with E-state index >= 15 is 0 Å². The predicted octanol–water partition coefficient (Wildman–Crippen LogP) is -0.131. The molecule has 0 aliphatic carbocycles. The third kappa shape index (κ3) is 3.07. The molecule has 7 nitrogen and oxygen atoms in total. The van der Waals surface area contributed by atoms with Crippen molar-refractivity contribution in [2.75, 3.05) is 6.61 Å². The summed E-state index contributed by atoms with van der Waals surface area (Å²) in [7, 11) is 1.69. The van der Waals surface area contributed by atoms with Crippen LogP contribution in [-0.2, 0) is 13.6 Å². The Morgan fingerprint density at radius 2 is 2.20 bits per heavy atom. The van der Waals surface area contributed by atoms with Gasteiger partial charge in [-0.2, -0.15) is 0 Å². The quantitative estimate of drug-likeness (QED) is 0.452. The lowest BCUT2D eigenvalue weighted by Gasteiger charge is -2.07. The van der Waals surface area contributed by atoms with Crippen molar-refractivity contribution in [2.24, 2.45) is 12.9 Å². The van der Waals surface area contributed by atoms with Crippen LogP contribution in [0.15, 0.2) is 41.5 Å². The summed E-state index contributed by atoms with van der Waals surface area (Å²) in [6, 6.07) is 6.67. The molecule has 1 amide bonds. The van der Waals surface area contributed by atoms with Gasteiger partial charge in [-0.05, 0) is 18.2 Å². The second-order valence-electron chi connectivity index (χ2n) is 4.23. The first-order valence-corrected chi connectivity index (χ1v) is 6.07. The number of aromatic nitrogens is 2. The highest BCUT2D eigenvalue weighted by atomic mass is 16.5. The zero-order chi connectivity index (χ0) is 14.5. The van der Waals surface area contributed by atoms with Gasteiger partial charge in [0.1, 0.15) is 12.4 Å². The minimum atomic E-state index is -0.380. The van der Waals surface area contributed by atoms with Gasteiger partial charge in [-0.1, -0.05) is 6.07 Å². The van der Waals surface area contributed by atoms with Gasteiger partial charge in [0, 0.05) is 25.0 Å².